The molecule has 0 aromatic carbocycles. The summed E-state index contributed by atoms with van der Waals surface area (Å²) in [5.41, 5.74) is 0. The fourth-order valence-corrected chi connectivity index (χ4v) is 4.54. The normalized spacial score (nSPS) is 14.4. The van der Waals surface area contributed by atoms with Crippen molar-refractivity contribution in [1.29, 1.82) is 0 Å². The lowest BCUT2D eigenvalue weighted by Gasteiger charge is -2.13. The van der Waals surface area contributed by atoms with Crippen LogP contribution >= 0.6 is 0 Å². The molecule has 0 bridgehead atoms. The second-order valence-electron chi connectivity index (χ2n) is 8.16. The van der Waals surface area contributed by atoms with E-state index >= 15 is 0 Å². The third-order valence-electron chi connectivity index (χ3n) is 5.59. The molecule has 0 saturated carbocycles. The van der Waals surface area contributed by atoms with Gasteiger partial charge in [-0.2, -0.15) is 8.42 Å². The second-order valence-corrected chi connectivity index (χ2v) is 9.86. The Balaban J connectivity index is 3.60. The number of hydrogen-bond donors (Lipinski definition) is 2. The minimum absolute atomic E-state index is 0.118. The standard InChI is InChI=1S/C22H46O4S/c1-3-5-6-12-16-19-22(27(24,25)26)20-17-14-11-9-7-8-10-13-15-18-21(23)4-2/h21-23H,3-20H2,1-2H3,(H,24,25,26). The highest BCUT2D eigenvalue weighted by molar-refractivity contribution is 7.86. The predicted octanol–water partition coefficient (Wildman–Crippen LogP) is 6.67. The maximum absolute atomic E-state index is 11.5. The molecule has 5 heteroatoms. The molecule has 27 heavy (non-hydrogen) atoms. The molecule has 0 saturated heterocycles. The van der Waals surface area contributed by atoms with Gasteiger partial charge in [0.05, 0.1) is 11.4 Å². The van der Waals surface area contributed by atoms with Crippen molar-refractivity contribution in [2.24, 2.45) is 0 Å². The van der Waals surface area contributed by atoms with E-state index in [0.717, 1.165) is 57.8 Å². The molecule has 2 unspecified atom stereocenters. The van der Waals surface area contributed by atoms with Crippen LogP contribution in [0.15, 0.2) is 0 Å². The minimum atomic E-state index is -3.89. The van der Waals surface area contributed by atoms with Crippen molar-refractivity contribution < 1.29 is 18.1 Å². The fourth-order valence-electron chi connectivity index (χ4n) is 3.61. The van der Waals surface area contributed by atoms with E-state index in [1.807, 2.05) is 6.92 Å². The topological polar surface area (TPSA) is 74.6 Å². The SMILES string of the molecule is CCCCCCCC(CCCCCCCCCCCC(O)CC)S(=O)(=O)O. The van der Waals surface area contributed by atoms with Crippen LogP contribution in [-0.2, 0) is 10.1 Å². The van der Waals surface area contributed by atoms with E-state index in [-0.39, 0.29) is 6.10 Å². The third kappa shape index (κ3) is 17.7. The average molecular weight is 407 g/mol. The van der Waals surface area contributed by atoms with Gasteiger partial charge in [0.25, 0.3) is 10.1 Å². The Morgan fingerprint density at radius 2 is 1.00 bits per heavy atom. The van der Waals surface area contributed by atoms with Gasteiger partial charge in [0, 0.05) is 0 Å². The zero-order valence-electron chi connectivity index (χ0n) is 18.0. The van der Waals surface area contributed by atoms with E-state index in [1.165, 1.54) is 44.9 Å². The van der Waals surface area contributed by atoms with E-state index in [4.69, 9.17) is 0 Å². The van der Waals surface area contributed by atoms with Gasteiger partial charge < -0.3 is 5.11 Å². The summed E-state index contributed by atoms with van der Waals surface area (Å²) in [5.74, 6) is 0. The lowest BCUT2D eigenvalue weighted by Crippen LogP contribution is -2.20. The van der Waals surface area contributed by atoms with Crippen LogP contribution < -0.4 is 0 Å². The number of aliphatic hydroxyl groups is 1. The summed E-state index contributed by atoms with van der Waals surface area (Å²) in [5, 5.41) is 8.94. The van der Waals surface area contributed by atoms with Crippen molar-refractivity contribution in [3.8, 4) is 0 Å². The molecular formula is C22H46O4S. The van der Waals surface area contributed by atoms with Gasteiger partial charge in [-0.25, -0.2) is 0 Å². The van der Waals surface area contributed by atoms with Gasteiger partial charge in [-0.3, -0.25) is 4.55 Å². The first-order valence-corrected chi connectivity index (χ1v) is 13.1. The van der Waals surface area contributed by atoms with Crippen LogP contribution in [0.3, 0.4) is 0 Å². The molecule has 0 aliphatic carbocycles. The van der Waals surface area contributed by atoms with Crippen LogP contribution in [0, 0.1) is 0 Å². The molecule has 2 N–H and O–H groups in total. The summed E-state index contributed by atoms with van der Waals surface area (Å²) in [6.45, 7) is 4.19. The van der Waals surface area contributed by atoms with E-state index in [0.29, 0.717) is 12.8 Å². The highest BCUT2D eigenvalue weighted by Gasteiger charge is 2.21. The van der Waals surface area contributed by atoms with Gasteiger partial charge in [-0.15, -0.1) is 0 Å². The van der Waals surface area contributed by atoms with Gasteiger partial charge in [0.1, 0.15) is 0 Å². The Kier molecular flexibility index (Phi) is 17.8. The van der Waals surface area contributed by atoms with Crippen molar-refractivity contribution >= 4 is 10.1 Å². The summed E-state index contributed by atoms with van der Waals surface area (Å²) in [6, 6.07) is 0. The Morgan fingerprint density at radius 1 is 0.630 bits per heavy atom. The molecule has 0 aliphatic rings. The van der Waals surface area contributed by atoms with Crippen LogP contribution in [0.5, 0.6) is 0 Å². The van der Waals surface area contributed by atoms with Crippen molar-refractivity contribution in [2.75, 3.05) is 0 Å². The lowest BCUT2D eigenvalue weighted by molar-refractivity contribution is 0.156. The van der Waals surface area contributed by atoms with Crippen LogP contribution in [0.25, 0.3) is 0 Å². The van der Waals surface area contributed by atoms with Gasteiger partial charge >= 0.3 is 0 Å². The van der Waals surface area contributed by atoms with Crippen molar-refractivity contribution in [3.05, 3.63) is 0 Å². The quantitative estimate of drug-likeness (QED) is 0.175. The molecule has 4 nitrogen and oxygen atoms in total. The Hall–Kier alpha value is -0.130. The predicted molar refractivity (Wildman–Crippen MR) is 116 cm³/mol. The summed E-state index contributed by atoms with van der Waals surface area (Å²) in [7, 11) is -3.89. The largest absolute Gasteiger partial charge is 0.393 e. The molecular weight excluding hydrogens is 360 g/mol. The summed E-state index contributed by atoms with van der Waals surface area (Å²) in [6.07, 6.45) is 18.8. The molecule has 0 fully saturated rings. The number of aliphatic hydroxyl groups excluding tert-OH is 1. The fraction of sp³-hybridized carbons (Fsp3) is 1.00. The molecule has 164 valence electrons. The molecule has 0 aliphatic heterocycles. The maximum atomic E-state index is 11.5. The second kappa shape index (κ2) is 17.9. The van der Waals surface area contributed by atoms with E-state index < -0.39 is 15.4 Å². The van der Waals surface area contributed by atoms with Gasteiger partial charge in [-0.1, -0.05) is 104 Å². The van der Waals surface area contributed by atoms with E-state index in [1.54, 1.807) is 0 Å². The van der Waals surface area contributed by atoms with E-state index in [2.05, 4.69) is 6.92 Å². The Morgan fingerprint density at radius 3 is 1.37 bits per heavy atom. The molecule has 0 spiro atoms. The first-order valence-electron chi connectivity index (χ1n) is 11.6. The first-order chi connectivity index (χ1) is 12.9. The number of hydrogen-bond acceptors (Lipinski definition) is 3. The average Bonchev–Trinajstić information content (AvgIpc) is 2.62. The summed E-state index contributed by atoms with van der Waals surface area (Å²) >= 11 is 0. The van der Waals surface area contributed by atoms with Crippen molar-refractivity contribution in [1.82, 2.24) is 0 Å². The smallest absolute Gasteiger partial charge is 0.267 e. The molecule has 0 aromatic rings. The molecule has 0 rings (SSSR count). The molecule has 0 aromatic heterocycles. The zero-order chi connectivity index (χ0) is 20.4. The number of unbranched alkanes of at least 4 members (excludes halogenated alkanes) is 12. The molecule has 0 heterocycles. The molecule has 0 radical (unpaired) electrons. The number of rotatable bonds is 20. The van der Waals surface area contributed by atoms with Gasteiger partial charge in [-0.05, 0) is 25.7 Å². The highest BCUT2D eigenvalue weighted by Crippen LogP contribution is 2.19. The maximum Gasteiger partial charge on any atom is 0.267 e. The monoisotopic (exact) mass is 406 g/mol. The van der Waals surface area contributed by atoms with Gasteiger partial charge in [0.15, 0.2) is 0 Å². The highest BCUT2D eigenvalue weighted by atomic mass is 32.2. The van der Waals surface area contributed by atoms with Crippen molar-refractivity contribution in [2.45, 2.75) is 141 Å². The van der Waals surface area contributed by atoms with Gasteiger partial charge in [0.2, 0.25) is 0 Å². The Labute approximate surface area is 169 Å². The van der Waals surface area contributed by atoms with Crippen LogP contribution in [-0.4, -0.2) is 29.4 Å². The third-order valence-corrected chi connectivity index (χ3v) is 6.90. The zero-order valence-corrected chi connectivity index (χ0v) is 18.8. The van der Waals surface area contributed by atoms with Crippen LogP contribution in [0.2, 0.25) is 0 Å². The van der Waals surface area contributed by atoms with Crippen molar-refractivity contribution in [3.63, 3.8) is 0 Å². The lowest BCUT2D eigenvalue weighted by atomic mass is 10.0. The summed E-state index contributed by atoms with van der Waals surface area (Å²) < 4.78 is 32.5. The van der Waals surface area contributed by atoms with Crippen LogP contribution in [0.4, 0.5) is 0 Å². The van der Waals surface area contributed by atoms with Crippen LogP contribution in [0.1, 0.15) is 129 Å². The Bertz CT molecular complexity index is 409. The molecule has 0 amide bonds. The van der Waals surface area contributed by atoms with E-state index in [9.17, 15) is 18.1 Å². The minimum Gasteiger partial charge on any atom is -0.393 e. The molecule has 2 atom stereocenters. The first kappa shape index (κ1) is 26.9. The summed E-state index contributed by atoms with van der Waals surface area (Å²) in [4.78, 5) is 0.